The minimum atomic E-state index is 0. The van der Waals surface area contributed by atoms with Gasteiger partial charge in [0.25, 0.3) is 0 Å². The zero-order valence-electron chi connectivity index (χ0n) is 11.1. The quantitative estimate of drug-likeness (QED) is 0.837. The average Bonchev–Trinajstić information content (AvgIpc) is 2.97. The van der Waals surface area contributed by atoms with Gasteiger partial charge in [0.1, 0.15) is 0 Å². The van der Waals surface area contributed by atoms with Crippen LogP contribution in [0.5, 0.6) is 0 Å². The van der Waals surface area contributed by atoms with E-state index in [0.29, 0.717) is 18.0 Å². The lowest BCUT2D eigenvalue weighted by atomic mass is 9.91. The van der Waals surface area contributed by atoms with Crippen LogP contribution in [-0.4, -0.2) is 36.0 Å². The van der Waals surface area contributed by atoms with Gasteiger partial charge >= 0.3 is 0 Å². The number of carbonyl (C=O) groups is 1. The molecule has 1 saturated carbocycles. The first kappa shape index (κ1) is 14.1. The van der Waals surface area contributed by atoms with E-state index in [1.165, 1.54) is 44.9 Å². The van der Waals surface area contributed by atoms with Crippen LogP contribution >= 0.6 is 12.4 Å². The van der Waals surface area contributed by atoms with Crippen LogP contribution in [0.2, 0.25) is 0 Å². The molecule has 18 heavy (non-hydrogen) atoms. The van der Waals surface area contributed by atoms with Gasteiger partial charge in [-0.1, -0.05) is 6.42 Å². The molecule has 0 spiro atoms. The third-order valence-corrected chi connectivity index (χ3v) is 4.90. The molecule has 0 bridgehead atoms. The predicted octanol–water partition coefficient (Wildman–Crippen LogP) is 2.34. The number of halogens is 1. The van der Waals surface area contributed by atoms with Crippen LogP contribution in [0.3, 0.4) is 0 Å². The minimum absolute atomic E-state index is 0. The van der Waals surface area contributed by atoms with E-state index in [2.05, 4.69) is 10.2 Å². The zero-order valence-corrected chi connectivity index (χ0v) is 11.9. The predicted molar refractivity (Wildman–Crippen MR) is 75.0 cm³/mol. The van der Waals surface area contributed by atoms with E-state index in [4.69, 9.17) is 0 Å². The lowest BCUT2D eigenvalue weighted by molar-refractivity contribution is -0.136. The van der Waals surface area contributed by atoms with Crippen molar-refractivity contribution in [1.82, 2.24) is 10.2 Å². The van der Waals surface area contributed by atoms with Gasteiger partial charge in [-0.3, -0.25) is 4.79 Å². The van der Waals surface area contributed by atoms with E-state index in [9.17, 15) is 4.79 Å². The van der Waals surface area contributed by atoms with Gasteiger partial charge in [-0.25, -0.2) is 0 Å². The molecule has 0 aromatic carbocycles. The van der Waals surface area contributed by atoms with E-state index < -0.39 is 0 Å². The SMILES string of the molecule is Cl.O=C(CC1CCCN1)N1CCCC2CCCC21. The first-order valence-electron chi connectivity index (χ1n) is 7.37. The Kier molecular flexibility index (Phi) is 4.91. The van der Waals surface area contributed by atoms with Gasteiger partial charge in [-0.05, 0) is 51.0 Å². The first-order chi connectivity index (χ1) is 8.34. The molecule has 3 aliphatic rings. The van der Waals surface area contributed by atoms with Crippen LogP contribution in [0.4, 0.5) is 0 Å². The molecule has 3 rings (SSSR count). The number of nitrogens with zero attached hydrogens (tertiary/aromatic N) is 1. The van der Waals surface area contributed by atoms with Crippen molar-refractivity contribution < 1.29 is 4.79 Å². The largest absolute Gasteiger partial charge is 0.339 e. The van der Waals surface area contributed by atoms with Crippen LogP contribution < -0.4 is 5.32 Å². The van der Waals surface area contributed by atoms with Crippen molar-refractivity contribution in [2.24, 2.45) is 5.92 Å². The first-order valence-corrected chi connectivity index (χ1v) is 7.37. The maximum Gasteiger partial charge on any atom is 0.224 e. The van der Waals surface area contributed by atoms with Gasteiger partial charge in [-0.2, -0.15) is 0 Å². The summed E-state index contributed by atoms with van der Waals surface area (Å²) in [5, 5.41) is 3.44. The molecule has 3 fully saturated rings. The number of hydrogen-bond donors (Lipinski definition) is 1. The third kappa shape index (κ3) is 2.83. The highest BCUT2D eigenvalue weighted by Crippen LogP contribution is 2.37. The molecule has 2 saturated heterocycles. The number of amides is 1. The van der Waals surface area contributed by atoms with Crippen molar-refractivity contribution in [2.45, 2.75) is 63.5 Å². The third-order valence-electron chi connectivity index (χ3n) is 4.90. The van der Waals surface area contributed by atoms with Gasteiger partial charge in [0, 0.05) is 25.0 Å². The normalized spacial score (nSPS) is 35.1. The van der Waals surface area contributed by atoms with E-state index in [1.54, 1.807) is 0 Å². The molecule has 0 aromatic heterocycles. The summed E-state index contributed by atoms with van der Waals surface area (Å²) in [5.74, 6) is 1.24. The van der Waals surface area contributed by atoms with Gasteiger partial charge < -0.3 is 10.2 Å². The molecule has 4 heteroatoms. The lowest BCUT2D eigenvalue weighted by Gasteiger charge is -2.38. The summed E-state index contributed by atoms with van der Waals surface area (Å²) < 4.78 is 0. The summed E-state index contributed by atoms with van der Waals surface area (Å²) in [6.45, 7) is 2.12. The molecule has 2 aliphatic heterocycles. The number of hydrogen-bond acceptors (Lipinski definition) is 2. The van der Waals surface area contributed by atoms with E-state index >= 15 is 0 Å². The minimum Gasteiger partial charge on any atom is -0.339 e. The number of rotatable bonds is 2. The molecule has 3 nitrogen and oxygen atoms in total. The fourth-order valence-electron chi connectivity index (χ4n) is 4.02. The average molecular weight is 273 g/mol. The summed E-state index contributed by atoms with van der Waals surface area (Å²) in [7, 11) is 0. The number of piperidine rings is 1. The van der Waals surface area contributed by atoms with Crippen LogP contribution in [0.1, 0.15) is 51.4 Å². The van der Waals surface area contributed by atoms with Crippen LogP contribution in [-0.2, 0) is 4.79 Å². The summed E-state index contributed by atoms with van der Waals surface area (Å²) >= 11 is 0. The summed E-state index contributed by atoms with van der Waals surface area (Å²) in [5.41, 5.74) is 0. The van der Waals surface area contributed by atoms with Gasteiger partial charge in [-0.15, -0.1) is 12.4 Å². The maximum absolute atomic E-state index is 12.4. The van der Waals surface area contributed by atoms with Crippen molar-refractivity contribution in [1.29, 1.82) is 0 Å². The van der Waals surface area contributed by atoms with Crippen LogP contribution in [0.15, 0.2) is 0 Å². The molecular weight excluding hydrogens is 248 g/mol. The molecule has 3 atom stereocenters. The highest BCUT2D eigenvalue weighted by Gasteiger charge is 2.37. The van der Waals surface area contributed by atoms with Gasteiger partial charge in [0.2, 0.25) is 5.91 Å². The molecule has 2 heterocycles. The smallest absolute Gasteiger partial charge is 0.224 e. The van der Waals surface area contributed by atoms with Crippen molar-refractivity contribution in [3.05, 3.63) is 0 Å². The summed E-state index contributed by atoms with van der Waals surface area (Å²) in [4.78, 5) is 14.6. The fourth-order valence-corrected chi connectivity index (χ4v) is 4.02. The second kappa shape index (κ2) is 6.25. The Balaban J connectivity index is 0.00000120. The van der Waals surface area contributed by atoms with Crippen molar-refractivity contribution in [3.63, 3.8) is 0 Å². The van der Waals surface area contributed by atoms with Gasteiger partial charge in [0.05, 0.1) is 0 Å². The molecule has 1 N–H and O–H groups in total. The molecule has 0 aromatic rings. The van der Waals surface area contributed by atoms with E-state index in [-0.39, 0.29) is 12.4 Å². The van der Waals surface area contributed by atoms with Crippen LogP contribution in [0.25, 0.3) is 0 Å². The topological polar surface area (TPSA) is 32.3 Å². The van der Waals surface area contributed by atoms with Crippen molar-refractivity contribution in [2.75, 3.05) is 13.1 Å². The van der Waals surface area contributed by atoms with Crippen molar-refractivity contribution >= 4 is 18.3 Å². The van der Waals surface area contributed by atoms with Crippen LogP contribution in [0, 0.1) is 5.92 Å². The maximum atomic E-state index is 12.4. The Morgan fingerprint density at radius 2 is 1.94 bits per heavy atom. The van der Waals surface area contributed by atoms with Gasteiger partial charge in [0.15, 0.2) is 0 Å². The Hall–Kier alpha value is -0.280. The second-order valence-electron chi connectivity index (χ2n) is 5.99. The standard InChI is InChI=1S/C14H24N2O.ClH/c17-14(10-12-6-2-8-15-12)16-9-3-5-11-4-1-7-13(11)16;/h11-13,15H,1-10H2;1H. The molecule has 3 unspecified atom stereocenters. The highest BCUT2D eigenvalue weighted by molar-refractivity contribution is 5.85. The number of likely N-dealkylation sites (tertiary alicyclic amines) is 1. The molecule has 1 aliphatic carbocycles. The Labute approximate surface area is 116 Å². The summed E-state index contributed by atoms with van der Waals surface area (Å²) in [6.07, 6.45) is 9.70. The number of carbonyl (C=O) groups excluding carboxylic acids is 1. The number of fused-ring (bicyclic) bond motifs is 1. The second-order valence-corrected chi connectivity index (χ2v) is 5.99. The molecular formula is C14H25ClN2O. The van der Waals surface area contributed by atoms with Crippen molar-refractivity contribution in [3.8, 4) is 0 Å². The Bertz CT molecular complexity index is 292. The number of nitrogens with one attached hydrogen (secondary N) is 1. The monoisotopic (exact) mass is 272 g/mol. The lowest BCUT2D eigenvalue weighted by Crippen LogP contribution is -2.47. The zero-order chi connectivity index (χ0) is 11.7. The molecule has 104 valence electrons. The molecule has 1 amide bonds. The Morgan fingerprint density at radius 1 is 1.11 bits per heavy atom. The highest BCUT2D eigenvalue weighted by atomic mass is 35.5. The Morgan fingerprint density at radius 3 is 2.72 bits per heavy atom. The van der Waals surface area contributed by atoms with E-state index in [0.717, 1.165) is 25.4 Å². The fraction of sp³-hybridized carbons (Fsp3) is 0.929. The molecule has 0 radical (unpaired) electrons. The summed E-state index contributed by atoms with van der Waals surface area (Å²) in [6, 6.07) is 1.06. The van der Waals surface area contributed by atoms with E-state index in [1.807, 2.05) is 0 Å².